The van der Waals surface area contributed by atoms with Crippen LogP contribution < -0.4 is 15.4 Å². The van der Waals surface area contributed by atoms with Crippen molar-refractivity contribution in [2.24, 2.45) is 0 Å². The second-order valence-electron chi connectivity index (χ2n) is 5.64. The standard InChI is InChI=1S/C14H17FN2O4/c1-14(2,3)21-13(19)17-10-7-20-11-6-8(15)4-5-9(11)16-12(10)18/h4-6,10H,7H2,1-3H3,(H,16,18)(H,17,19). The minimum atomic E-state index is -0.921. The molecular weight excluding hydrogens is 279 g/mol. The van der Waals surface area contributed by atoms with Crippen molar-refractivity contribution in [1.29, 1.82) is 0 Å². The lowest BCUT2D eigenvalue weighted by Gasteiger charge is -2.22. The lowest BCUT2D eigenvalue weighted by molar-refractivity contribution is -0.118. The number of halogens is 1. The van der Waals surface area contributed by atoms with Crippen LogP contribution in [0.15, 0.2) is 18.2 Å². The average molecular weight is 296 g/mol. The third-order valence-electron chi connectivity index (χ3n) is 2.61. The van der Waals surface area contributed by atoms with Crippen LogP contribution in [0.1, 0.15) is 20.8 Å². The predicted molar refractivity (Wildman–Crippen MR) is 73.7 cm³/mol. The molecule has 0 radical (unpaired) electrons. The molecule has 2 rings (SSSR count). The van der Waals surface area contributed by atoms with Gasteiger partial charge in [-0.2, -0.15) is 0 Å². The number of fused-ring (bicyclic) bond motifs is 1. The molecular formula is C14H17FN2O4. The van der Waals surface area contributed by atoms with Gasteiger partial charge in [-0.25, -0.2) is 9.18 Å². The van der Waals surface area contributed by atoms with E-state index in [4.69, 9.17) is 9.47 Å². The Morgan fingerprint density at radius 3 is 2.86 bits per heavy atom. The van der Waals surface area contributed by atoms with Crippen LogP contribution in [-0.4, -0.2) is 30.3 Å². The summed E-state index contributed by atoms with van der Waals surface area (Å²) in [6, 6.07) is 2.86. The molecule has 2 amide bonds. The van der Waals surface area contributed by atoms with E-state index in [1.54, 1.807) is 20.8 Å². The fraction of sp³-hybridized carbons (Fsp3) is 0.429. The fourth-order valence-electron chi connectivity index (χ4n) is 1.74. The summed E-state index contributed by atoms with van der Waals surface area (Å²) in [6.07, 6.45) is -0.719. The van der Waals surface area contributed by atoms with Gasteiger partial charge in [0.05, 0.1) is 5.69 Å². The Labute approximate surface area is 121 Å². The van der Waals surface area contributed by atoms with Crippen molar-refractivity contribution in [1.82, 2.24) is 5.32 Å². The van der Waals surface area contributed by atoms with Gasteiger partial charge in [0.2, 0.25) is 0 Å². The summed E-state index contributed by atoms with van der Waals surface area (Å²) >= 11 is 0. The zero-order valence-corrected chi connectivity index (χ0v) is 12.0. The molecule has 21 heavy (non-hydrogen) atoms. The van der Waals surface area contributed by atoms with E-state index in [1.165, 1.54) is 18.2 Å². The van der Waals surface area contributed by atoms with Crippen molar-refractivity contribution >= 4 is 17.7 Å². The molecule has 1 unspecified atom stereocenters. The lowest BCUT2D eigenvalue weighted by Crippen LogP contribution is -2.48. The van der Waals surface area contributed by atoms with Gasteiger partial charge in [-0.05, 0) is 32.9 Å². The minimum Gasteiger partial charge on any atom is -0.489 e. The van der Waals surface area contributed by atoms with Crippen molar-refractivity contribution in [3.63, 3.8) is 0 Å². The second kappa shape index (κ2) is 5.59. The molecule has 0 saturated heterocycles. The molecule has 0 aromatic heterocycles. The highest BCUT2D eigenvalue weighted by atomic mass is 19.1. The van der Waals surface area contributed by atoms with Crippen molar-refractivity contribution in [3.05, 3.63) is 24.0 Å². The molecule has 1 aliphatic rings. The van der Waals surface area contributed by atoms with Crippen LogP contribution in [0.25, 0.3) is 0 Å². The van der Waals surface area contributed by atoms with Gasteiger partial charge in [-0.15, -0.1) is 0 Å². The van der Waals surface area contributed by atoms with E-state index >= 15 is 0 Å². The van der Waals surface area contributed by atoms with Gasteiger partial charge in [0.25, 0.3) is 5.91 Å². The van der Waals surface area contributed by atoms with Gasteiger partial charge < -0.3 is 20.1 Å². The summed E-state index contributed by atoms with van der Waals surface area (Å²) < 4.78 is 23.6. The van der Waals surface area contributed by atoms with Crippen LogP contribution in [0.2, 0.25) is 0 Å². The van der Waals surface area contributed by atoms with E-state index in [0.29, 0.717) is 5.69 Å². The number of alkyl carbamates (subject to hydrolysis) is 1. The van der Waals surface area contributed by atoms with Gasteiger partial charge in [0.15, 0.2) is 0 Å². The Hall–Kier alpha value is -2.31. The Balaban J connectivity index is 2.05. The molecule has 0 aliphatic carbocycles. The topological polar surface area (TPSA) is 76.7 Å². The third-order valence-corrected chi connectivity index (χ3v) is 2.61. The van der Waals surface area contributed by atoms with Gasteiger partial charge in [-0.3, -0.25) is 4.79 Å². The predicted octanol–water partition coefficient (Wildman–Crippen LogP) is 2.05. The highest BCUT2D eigenvalue weighted by Crippen LogP contribution is 2.27. The van der Waals surface area contributed by atoms with Gasteiger partial charge >= 0.3 is 6.09 Å². The minimum absolute atomic E-state index is 0.110. The van der Waals surface area contributed by atoms with E-state index in [-0.39, 0.29) is 12.4 Å². The zero-order chi connectivity index (χ0) is 15.6. The molecule has 2 N–H and O–H groups in total. The lowest BCUT2D eigenvalue weighted by atomic mass is 10.2. The molecule has 114 valence electrons. The summed E-state index contributed by atoms with van der Waals surface area (Å²) in [5.41, 5.74) is -0.312. The number of benzene rings is 1. The van der Waals surface area contributed by atoms with Crippen LogP contribution in [0.3, 0.4) is 0 Å². The maximum atomic E-state index is 13.1. The van der Waals surface area contributed by atoms with E-state index in [2.05, 4.69) is 10.6 Å². The number of rotatable bonds is 1. The maximum Gasteiger partial charge on any atom is 0.408 e. The monoisotopic (exact) mass is 296 g/mol. The molecule has 0 saturated carbocycles. The van der Waals surface area contributed by atoms with Crippen LogP contribution in [-0.2, 0) is 9.53 Å². The largest absolute Gasteiger partial charge is 0.489 e. The molecule has 0 bridgehead atoms. The van der Waals surface area contributed by atoms with Crippen molar-refractivity contribution in [2.45, 2.75) is 32.4 Å². The van der Waals surface area contributed by atoms with Crippen LogP contribution >= 0.6 is 0 Å². The molecule has 0 spiro atoms. The second-order valence-corrected chi connectivity index (χ2v) is 5.64. The van der Waals surface area contributed by atoms with Crippen molar-refractivity contribution in [2.75, 3.05) is 11.9 Å². The number of hydrogen-bond acceptors (Lipinski definition) is 4. The van der Waals surface area contributed by atoms with Gasteiger partial charge in [0, 0.05) is 6.07 Å². The summed E-state index contributed by atoms with van der Waals surface area (Å²) in [5.74, 6) is -0.704. The average Bonchev–Trinajstić information content (AvgIpc) is 2.48. The van der Waals surface area contributed by atoms with Gasteiger partial charge in [0.1, 0.15) is 29.8 Å². The maximum absolute atomic E-state index is 13.1. The normalized spacial score (nSPS) is 17.9. The molecule has 7 heteroatoms. The summed E-state index contributed by atoms with van der Waals surface area (Å²) in [4.78, 5) is 23.7. The zero-order valence-electron chi connectivity index (χ0n) is 12.0. The number of anilines is 1. The van der Waals surface area contributed by atoms with Crippen molar-refractivity contribution in [3.8, 4) is 5.75 Å². The molecule has 1 heterocycles. The molecule has 1 atom stereocenters. The molecule has 1 aliphatic heterocycles. The first-order valence-electron chi connectivity index (χ1n) is 6.47. The molecule has 6 nitrogen and oxygen atoms in total. The quantitative estimate of drug-likeness (QED) is 0.831. The number of ether oxygens (including phenoxy) is 2. The SMILES string of the molecule is CC(C)(C)OC(=O)NC1COc2cc(F)ccc2NC1=O. The van der Waals surface area contributed by atoms with Crippen LogP contribution in [0.4, 0.5) is 14.9 Å². The first kappa shape index (κ1) is 15.1. The summed E-state index contributed by atoms with van der Waals surface area (Å²) in [6.45, 7) is 5.04. The van der Waals surface area contributed by atoms with Crippen molar-refractivity contribution < 1.29 is 23.5 Å². The first-order chi connectivity index (χ1) is 9.74. The first-order valence-corrected chi connectivity index (χ1v) is 6.47. The van der Waals surface area contributed by atoms with E-state index in [9.17, 15) is 14.0 Å². The number of carbonyl (C=O) groups is 2. The number of carbonyl (C=O) groups excluding carboxylic acids is 2. The summed E-state index contributed by atoms with van der Waals surface area (Å²) in [5, 5.41) is 4.99. The fourth-order valence-corrected chi connectivity index (χ4v) is 1.74. The Bertz CT molecular complexity index is 569. The molecule has 1 aromatic carbocycles. The Morgan fingerprint density at radius 1 is 1.48 bits per heavy atom. The molecule has 0 fully saturated rings. The summed E-state index contributed by atoms with van der Waals surface area (Å²) in [7, 11) is 0. The highest BCUT2D eigenvalue weighted by Gasteiger charge is 2.28. The number of amides is 2. The van der Waals surface area contributed by atoms with Crippen LogP contribution in [0.5, 0.6) is 5.75 Å². The Morgan fingerprint density at radius 2 is 2.19 bits per heavy atom. The Kier molecular flexibility index (Phi) is 4.02. The van der Waals surface area contributed by atoms with E-state index in [1.807, 2.05) is 0 Å². The number of hydrogen-bond donors (Lipinski definition) is 2. The number of nitrogens with one attached hydrogen (secondary N) is 2. The van der Waals surface area contributed by atoms with Crippen LogP contribution in [0, 0.1) is 5.82 Å². The third kappa shape index (κ3) is 4.08. The smallest absolute Gasteiger partial charge is 0.408 e. The van der Waals surface area contributed by atoms with E-state index in [0.717, 1.165) is 0 Å². The highest BCUT2D eigenvalue weighted by molar-refractivity contribution is 5.98. The van der Waals surface area contributed by atoms with E-state index < -0.39 is 29.5 Å². The molecule has 1 aromatic rings. The van der Waals surface area contributed by atoms with Gasteiger partial charge in [-0.1, -0.05) is 0 Å².